The molecule has 1 amide bonds. The lowest BCUT2D eigenvalue weighted by atomic mass is 9.99. The van der Waals surface area contributed by atoms with Crippen LogP contribution < -0.4 is 5.32 Å². The molecule has 25 heavy (non-hydrogen) atoms. The predicted octanol–water partition coefficient (Wildman–Crippen LogP) is 4.67. The van der Waals surface area contributed by atoms with Gasteiger partial charge in [-0.25, -0.2) is 4.79 Å². The number of rotatable bonds is 2. The molecule has 1 N–H and O–H groups in total. The maximum Gasteiger partial charge on any atom is 0.408 e. The number of ether oxygens (including phenoxy) is 1. The Morgan fingerprint density at radius 3 is 2.52 bits per heavy atom. The molecule has 2 heterocycles. The number of nitrogens with one attached hydrogen (secondary N) is 1. The van der Waals surface area contributed by atoms with Gasteiger partial charge < -0.3 is 10.1 Å². The van der Waals surface area contributed by atoms with Gasteiger partial charge in [0.25, 0.3) is 0 Å². The molecule has 3 aromatic rings. The summed E-state index contributed by atoms with van der Waals surface area (Å²) >= 11 is 1.59. The lowest BCUT2D eigenvalue weighted by Crippen LogP contribution is -2.19. The Bertz CT molecular complexity index is 939. The zero-order chi connectivity index (χ0) is 17.1. The molecular weight excluding hydrogens is 330 g/mol. The van der Waals surface area contributed by atoms with Crippen molar-refractivity contribution in [3.63, 3.8) is 0 Å². The summed E-state index contributed by atoms with van der Waals surface area (Å²) in [6.07, 6.45) is -0.686. The fourth-order valence-electron chi connectivity index (χ4n) is 2.83. The molecule has 0 spiro atoms. The van der Waals surface area contributed by atoms with E-state index in [1.807, 2.05) is 72.1 Å². The van der Waals surface area contributed by atoms with Gasteiger partial charge >= 0.3 is 6.09 Å². The van der Waals surface area contributed by atoms with Crippen molar-refractivity contribution in [2.45, 2.75) is 12.1 Å². The normalized spacial score (nSPS) is 18.8. The molecule has 0 radical (unpaired) electrons. The fourth-order valence-corrected chi connectivity index (χ4v) is 3.62. The Labute approximate surface area is 150 Å². The third kappa shape index (κ3) is 3.42. The molecule has 1 fully saturated rings. The average Bonchev–Trinajstić information content (AvgIpc) is 3.30. The highest BCUT2D eigenvalue weighted by molar-refractivity contribution is 7.10. The third-order valence-corrected chi connectivity index (χ3v) is 4.94. The van der Waals surface area contributed by atoms with Gasteiger partial charge in [-0.15, -0.1) is 11.3 Å². The van der Waals surface area contributed by atoms with E-state index in [1.54, 1.807) is 11.3 Å². The maximum absolute atomic E-state index is 11.8. The lowest BCUT2D eigenvalue weighted by Gasteiger charge is -2.16. The molecule has 0 aliphatic carbocycles. The second-order valence-corrected chi connectivity index (χ2v) is 6.68. The van der Waals surface area contributed by atoms with Gasteiger partial charge in [0.15, 0.2) is 6.10 Å². The second kappa shape index (κ2) is 6.84. The number of thiophene rings is 1. The van der Waals surface area contributed by atoms with Gasteiger partial charge in [0.05, 0.1) is 6.04 Å². The number of hydrogen-bond donors (Lipinski definition) is 1. The van der Waals surface area contributed by atoms with Gasteiger partial charge in [0.2, 0.25) is 0 Å². The smallest absolute Gasteiger partial charge is 0.408 e. The Morgan fingerprint density at radius 1 is 0.920 bits per heavy atom. The molecule has 122 valence electrons. The molecule has 0 bridgehead atoms. The molecular formula is C21H15NO2S. The molecule has 1 unspecified atom stereocenters. The van der Waals surface area contributed by atoms with E-state index in [2.05, 4.69) is 17.2 Å². The molecule has 4 rings (SSSR count). The summed E-state index contributed by atoms with van der Waals surface area (Å²) in [6, 6.07) is 21.6. The van der Waals surface area contributed by atoms with Crippen LogP contribution in [0, 0.1) is 11.8 Å². The van der Waals surface area contributed by atoms with Crippen molar-refractivity contribution in [1.29, 1.82) is 0 Å². The van der Waals surface area contributed by atoms with E-state index in [-0.39, 0.29) is 18.2 Å². The Morgan fingerprint density at radius 2 is 1.72 bits per heavy atom. The van der Waals surface area contributed by atoms with Gasteiger partial charge in [0.1, 0.15) is 0 Å². The quantitative estimate of drug-likeness (QED) is 0.686. The highest BCUT2D eigenvalue weighted by atomic mass is 32.1. The third-order valence-electron chi connectivity index (χ3n) is 4.00. The van der Waals surface area contributed by atoms with Crippen LogP contribution in [0.4, 0.5) is 4.79 Å². The monoisotopic (exact) mass is 345 g/mol. The van der Waals surface area contributed by atoms with Crippen molar-refractivity contribution < 1.29 is 9.53 Å². The summed E-state index contributed by atoms with van der Waals surface area (Å²) in [6.45, 7) is 0. The number of carbonyl (C=O) groups is 1. The van der Waals surface area contributed by atoms with Crippen molar-refractivity contribution in [2.75, 3.05) is 0 Å². The highest BCUT2D eigenvalue weighted by Crippen LogP contribution is 2.38. The molecule has 3 nitrogen and oxygen atoms in total. The van der Waals surface area contributed by atoms with Crippen LogP contribution in [0.25, 0.3) is 0 Å². The number of hydrogen-bond acceptors (Lipinski definition) is 3. The topological polar surface area (TPSA) is 38.3 Å². The summed E-state index contributed by atoms with van der Waals surface area (Å²) in [4.78, 5) is 12.8. The van der Waals surface area contributed by atoms with Crippen molar-refractivity contribution in [2.24, 2.45) is 0 Å². The van der Waals surface area contributed by atoms with E-state index in [0.717, 1.165) is 21.6 Å². The largest absolute Gasteiger partial charge is 0.438 e. The van der Waals surface area contributed by atoms with Gasteiger partial charge in [0, 0.05) is 16.0 Å². The zero-order valence-corrected chi connectivity index (χ0v) is 14.1. The maximum atomic E-state index is 11.8. The van der Waals surface area contributed by atoms with Crippen LogP contribution in [-0.4, -0.2) is 6.09 Å². The first-order valence-electron chi connectivity index (χ1n) is 7.97. The number of amides is 1. The summed E-state index contributed by atoms with van der Waals surface area (Å²) < 4.78 is 5.47. The van der Waals surface area contributed by atoms with Crippen LogP contribution in [0.3, 0.4) is 0 Å². The molecule has 2 aromatic carbocycles. The van der Waals surface area contributed by atoms with E-state index >= 15 is 0 Å². The average molecular weight is 345 g/mol. The molecule has 1 saturated heterocycles. The van der Waals surface area contributed by atoms with Crippen LogP contribution in [0.1, 0.15) is 33.7 Å². The summed E-state index contributed by atoms with van der Waals surface area (Å²) in [5.41, 5.74) is 2.87. The molecule has 1 aliphatic rings. The zero-order valence-electron chi connectivity index (χ0n) is 13.3. The van der Waals surface area contributed by atoms with Crippen LogP contribution in [0.15, 0.2) is 72.1 Å². The fraction of sp³-hybridized carbons (Fsp3) is 0.0952. The van der Waals surface area contributed by atoms with Crippen molar-refractivity contribution in [1.82, 2.24) is 5.32 Å². The molecule has 0 saturated carbocycles. The summed E-state index contributed by atoms with van der Waals surface area (Å²) in [5.74, 6) is 6.34. The molecule has 1 aromatic heterocycles. The molecule has 4 heteroatoms. The molecule has 2 atom stereocenters. The minimum absolute atomic E-state index is 0.204. The van der Waals surface area contributed by atoms with Gasteiger partial charge in [-0.05, 0) is 41.3 Å². The van der Waals surface area contributed by atoms with Gasteiger partial charge in [-0.1, -0.05) is 48.2 Å². The first-order chi connectivity index (χ1) is 12.3. The Balaban J connectivity index is 1.63. The van der Waals surface area contributed by atoms with Gasteiger partial charge in [-0.2, -0.15) is 0 Å². The van der Waals surface area contributed by atoms with Crippen LogP contribution in [0.2, 0.25) is 0 Å². The van der Waals surface area contributed by atoms with Gasteiger partial charge in [-0.3, -0.25) is 0 Å². The summed E-state index contributed by atoms with van der Waals surface area (Å²) in [5, 5.41) is 4.89. The van der Waals surface area contributed by atoms with Crippen molar-refractivity contribution >= 4 is 17.4 Å². The predicted molar refractivity (Wildman–Crippen MR) is 98.3 cm³/mol. The SMILES string of the molecule is O=C1N[C@H](c2cccc(C#Cc3ccccc3)c2)C(c2cccs2)O1. The highest BCUT2D eigenvalue weighted by Gasteiger charge is 2.36. The number of alkyl carbamates (subject to hydrolysis) is 1. The van der Waals surface area contributed by atoms with E-state index < -0.39 is 0 Å². The van der Waals surface area contributed by atoms with Crippen LogP contribution in [-0.2, 0) is 4.74 Å². The first-order valence-corrected chi connectivity index (χ1v) is 8.85. The second-order valence-electron chi connectivity index (χ2n) is 5.70. The van der Waals surface area contributed by atoms with Crippen LogP contribution >= 0.6 is 11.3 Å². The minimum Gasteiger partial charge on any atom is -0.438 e. The van der Waals surface area contributed by atoms with E-state index in [0.29, 0.717) is 0 Å². The number of benzene rings is 2. The summed E-state index contributed by atoms with van der Waals surface area (Å²) in [7, 11) is 0. The van der Waals surface area contributed by atoms with Crippen molar-refractivity contribution in [3.8, 4) is 11.8 Å². The lowest BCUT2D eigenvalue weighted by molar-refractivity contribution is 0.134. The number of carbonyl (C=O) groups excluding carboxylic acids is 1. The van der Waals surface area contributed by atoms with E-state index in [1.165, 1.54) is 0 Å². The van der Waals surface area contributed by atoms with E-state index in [9.17, 15) is 4.79 Å². The molecule has 1 aliphatic heterocycles. The number of cyclic esters (lactones) is 1. The van der Waals surface area contributed by atoms with Crippen molar-refractivity contribution in [3.05, 3.63) is 93.7 Å². The van der Waals surface area contributed by atoms with E-state index in [4.69, 9.17) is 4.74 Å². The van der Waals surface area contributed by atoms with Crippen LogP contribution in [0.5, 0.6) is 0 Å². The first kappa shape index (κ1) is 15.5. The standard InChI is InChI=1S/C21H15NO2S/c23-21-22-19(20(24-21)18-10-5-13-25-18)17-9-4-8-16(14-17)12-11-15-6-2-1-3-7-15/h1-10,13-14,19-20H,(H,22,23)/t19-,20?/m1/s1. The Hall–Kier alpha value is -3.03. The Kier molecular flexibility index (Phi) is 4.24. The minimum atomic E-state index is -0.385.